The highest BCUT2D eigenvalue weighted by Crippen LogP contribution is 2.20. The van der Waals surface area contributed by atoms with E-state index in [-0.39, 0.29) is 5.91 Å². The molecule has 0 aromatic carbocycles. The van der Waals surface area contributed by atoms with Crippen molar-refractivity contribution in [1.29, 1.82) is 0 Å². The maximum Gasteiger partial charge on any atom is 0.257 e. The summed E-state index contributed by atoms with van der Waals surface area (Å²) in [6.45, 7) is 9.08. The van der Waals surface area contributed by atoms with Gasteiger partial charge >= 0.3 is 0 Å². The average molecular weight is 380 g/mol. The number of fused-ring (bicyclic) bond motifs is 1. The third-order valence-electron chi connectivity index (χ3n) is 4.91. The van der Waals surface area contributed by atoms with Crippen molar-refractivity contribution in [2.45, 2.75) is 27.3 Å². The first-order chi connectivity index (χ1) is 13.5. The summed E-state index contributed by atoms with van der Waals surface area (Å²) in [6.07, 6.45) is 1.78. The normalized spacial score (nSPS) is 14.5. The van der Waals surface area contributed by atoms with Gasteiger partial charge < -0.3 is 15.0 Å². The zero-order chi connectivity index (χ0) is 19.7. The highest BCUT2D eigenvalue weighted by molar-refractivity contribution is 6.01. The lowest BCUT2D eigenvalue weighted by Crippen LogP contribution is -2.37. The van der Waals surface area contributed by atoms with Gasteiger partial charge in [-0.15, -0.1) is 0 Å². The van der Waals surface area contributed by atoms with Crippen LogP contribution in [0.5, 0.6) is 0 Å². The molecule has 3 aromatic heterocycles. The molecule has 1 saturated heterocycles. The van der Waals surface area contributed by atoms with E-state index in [1.54, 1.807) is 10.7 Å². The van der Waals surface area contributed by atoms with Gasteiger partial charge in [-0.3, -0.25) is 4.79 Å². The molecule has 0 bridgehead atoms. The first kappa shape index (κ1) is 18.4. The summed E-state index contributed by atoms with van der Waals surface area (Å²) in [5.74, 6) is 0.717. The second-order valence-corrected chi connectivity index (χ2v) is 7.00. The van der Waals surface area contributed by atoms with Crippen LogP contribution in [-0.2, 0) is 11.3 Å². The molecule has 0 spiro atoms. The number of rotatable bonds is 4. The van der Waals surface area contributed by atoms with Crippen LogP contribution in [0.4, 0.5) is 5.82 Å². The number of nitrogens with one attached hydrogen (secondary N) is 1. The number of carbonyl (C=O) groups excluding carboxylic acids is 1. The van der Waals surface area contributed by atoms with E-state index in [0.717, 1.165) is 35.9 Å². The van der Waals surface area contributed by atoms with Crippen molar-refractivity contribution in [2.75, 3.05) is 31.2 Å². The average Bonchev–Trinajstić information content (AvgIpc) is 3.03. The Bertz CT molecular complexity index is 1020. The van der Waals surface area contributed by atoms with Crippen LogP contribution in [-0.4, -0.2) is 51.8 Å². The molecule has 3 aromatic rings. The van der Waals surface area contributed by atoms with Gasteiger partial charge in [0, 0.05) is 42.8 Å². The molecule has 1 aliphatic heterocycles. The van der Waals surface area contributed by atoms with E-state index in [9.17, 15) is 4.79 Å². The summed E-state index contributed by atoms with van der Waals surface area (Å²) in [5, 5.41) is 7.50. The standard InChI is InChI=1S/C20H24N6O2/c1-13-11-14(2)26-19(23-13)17(15(3)24-26)20(27)22-12-16-5-4-6-21-18(16)25-7-9-28-10-8-25/h4-6,11H,7-10,12H2,1-3H3,(H,22,27). The molecule has 0 saturated carbocycles. The molecule has 0 unspecified atom stereocenters. The van der Waals surface area contributed by atoms with Crippen LogP contribution in [0, 0.1) is 20.8 Å². The van der Waals surface area contributed by atoms with Gasteiger partial charge in [0.05, 0.1) is 18.9 Å². The smallest absolute Gasteiger partial charge is 0.257 e. The number of carbonyl (C=O) groups is 1. The number of ether oxygens (including phenoxy) is 1. The van der Waals surface area contributed by atoms with Gasteiger partial charge in [0.1, 0.15) is 11.4 Å². The molecule has 0 atom stereocenters. The fourth-order valence-corrected chi connectivity index (χ4v) is 3.58. The van der Waals surface area contributed by atoms with Crippen LogP contribution in [0.2, 0.25) is 0 Å². The van der Waals surface area contributed by atoms with E-state index in [1.165, 1.54) is 0 Å². The zero-order valence-electron chi connectivity index (χ0n) is 16.4. The molecule has 0 aliphatic carbocycles. The Morgan fingerprint density at radius 3 is 2.82 bits per heavy atom. The van der Waals surface area contributed by atoms with Crippen LogP contribution in [0.3, 0.4) is 0 Å². The SMILES string of the molecule is Cc1cc(C)n2nc(C)c(C(=O)NCc3cccnc3N3CCOCC3)c2n1. The van der Waals surface area contributed by atoms with Gasteiger partial charge in [-0.1, -0.05) is 6.07 Å². The van der Waals surface area contributed by atoms with Crippen LogP contribution in [0.1, 0.15) is 33.0 Å². The third kappa shape index (κ3) is 3.43. The predicted molar refractivity (Wildman–Crippen MR) is 106 cm³/mol. The predicted octanol–water partition coefficient (Wildman–Crippen LogP) is 1.82. The molecule has 0 radical (unpaired) electrons. The maximum atomic E-state index is 13.0. The van der Waals surface area contributed by atoms with Gasteiger partial charge in [0.25, 0.3) is 5.91 Å². The molecule has 8 nitrogen and oxygen atoms in total. The molecule has 1 amide bonds. The number of pyridine rings is 1. The fraction of sp³-hybridized carbons (Fsp3) is 0.400. The molecule has 1 fully saturated rings. The van der Waals surface area contributed by atoms with Gasteiger partial charge in [-0.05, 0) is 32.9 Å². The number of anilines is 1. The van der Waals surface area contributed by atoms with E-state index in [0.29, 0.717) is 36.7 Å². The van der Waals surface area contributed by atoms with Crippen LogP contribution >= 0.6 is 0 Å². The van der Waals surface area contributed by atoms with E-state index in [2.05, 4.69) is 25.3 Å². The number of hydrogen-bond acceptors (Lipinski definition) is 6. The summed E-state index contributed by atoms with van der Waals surface area (Å²) in [7, 11) is 0. The Morgan fingerprint density at radius 2 is 2.04 bits per heavy atom. The van der Waals surface area contributed by atoms with Crippen molar-refractivity contribution < 1.29 is 9.53 Å². The van der Waals surface area contributed by atoms with Crippen LogP contribution < -0.4 is 10.2 Å². The summed E-state index contributed by atoms with van der Waals surface area (Å²) < 4.78 is 7.15. The number of aromatic nitrogens is 4. The molecule has 28 heavy (non-hydrogen) atoms. The number of hydrogen-bond donors (Lipinski definition) is 1. The fourth-order valence-electron chi connectivity index (χ4n) is 3.58. The minimum absolute atomic E-state index is 0.179. The summed E-state index contributed by atoms with van der Waals surface area (Å²) in [4.78, 5) is 24.2. The number of aryl methyl sites for hydroxylation is 3. The largest absolute Gasteiger partial charge is 0.378 e. The lowest BCUT2D eigenvalue weighted by Gasteiger charge is -2.29. The zero-order valence-corrected chi connectivity index (χ0v) is 16.4. The molecular weight excluding hydrogens is 356 g/mol. The van der Waals surface area contributed by atoms with Crippen molar-refractivity contribution in [2.24, 2.45) is 0 Å². The van der Waals surface area contributed by atoms with E-state index in [1.807, 2.05) is 39.0 Å². The second kappa shape index (κ2) is 7.55. The monoisotopic (exact) mass is 380 g/mol. The molecule has 1 aliphatic rings. The molecule has 1 N–H and O–H groups in total. The molecule has 8 heteroatoms. The van der Waals surface area contributed by atoms with E-state index in [4.69, 9.17) is 4.74 Å². The first-order valence-electron chi connectivity index (χ1n) is 9.43. The second-order valence-electron chi connectivity index (χ2n) is 7.00. The first-order valence-corrected chi connectivity index (χ1v) is 9.43. The van der Waals surface area contributed by atoms with Gasteiger partial charge in [-0.25, -0.2) is 14.5 Å². The highest BCUT2D eigenvalue weighted by Gasteiger charge is 2.21. The summed E-state index contributed by atoms with van der Waals surface area (Å²) in [6, 6.07) is 5.83. The Labute approximate surface area is 163 Å². The van der Waals surface area contributed by atoms with Crippen LogP contribution in [0.25, 0.3) is 5.65 Å². The van der Waals surface area contributed by atoms with E-state index >= 15 is 0 Å². The van der Waals surface area contributed by atoms with Crippen molar-refractivity contribution in [3.8, 4) is 0 Å². The van der Waals surface area contributed by atoms with Gasteiger partial charge in [0.2, 0.25) is 0 Å². The number of morpholine rings is 1. The molecular formula is C20H24N6O2. The Morgan fingerprint density at radius 1 is 1.25 bits per heavy atom. The van der Waals surface area contributed by atoms with Crippen molar-refractivity contribution in [3.05, 3.63) is 52.6 Å². The minimum atomic E-state index is -0.179. The van der Waals surface area contributed by atoms with E-state index < -0.39 is 0 Å². The van der Waals surface area contributed by atoms with Crippen molar-refractivity contribution in [1.82, 2.24) is 24.9 Å². The lowest BCUT2D eigenvalue weighted by molar-refractivity contribution is 0.0951. The maximum absolute atomic E-state index is 13.0. The van der Waals surface area contributed by atoms with Gasteiger partial charge in [-0.2, -0.15) is 5.10 Å². The topological polar surface area (TPSA) is 84.7 Å². The number of nitrogens with zero attached hydrogens (tertiary/aromatic N) is 5. The summed E-state index contributed by atoms with van der Waals surface area (Å²) >= 11 is 0. The number of amides is 1. The van der Waals surface area contributed by atoms with Crippen molar-refractivity contribution >= 4 is 17.4 Å². The highest BCUT2D eigenvalue weighted by atomic mass is 16.5. The summed E-state index contributed by atoms with van der Waals surface area (Å²) in [5.41, 5.74) is 4.56. The van der Waals surface area contributed by atoms with Crippen LogP contribution in [0.15, 0.2) is 24.4 Å². The third-order valence-corrected chi connectivity index (χ3v) is 4.91. The molecule has 4 rings (SSSR count). The lowest BCUT2D eigenvalue weighted by atomic mass is 10.2. The van der Waals surface area contributed by atoms with Crippen molar-refractivity contribution in [3.63, 3.8) is 0 Å². The molecule has 146 valence electrons. The van der Waals surface area contributed by atoms with Gasteiger partial charge in [0.15, 0.2) is 5.65 Å². The quantitative estimate of drug-likeness (QED) is 0.743. The Hall–Kier alpha value is -3.00. The Balaban J connectivity index is 1.58. The Kier molecular flexibility index (Phi) is 4.95. The minimum Gasteiger partial charge on any atom is -0.378 e. The molecule has 4 heterocycles.